The van der Waals surface area contributed by atoms with Gasteiger partial charge in [0, 0.05) is 38.0 Å². The summed E-state index contributed by atoms with van der Waals surface area (Å²) in [6.07, 6.45) is 1.81. The molecule has 3 unspecified atom stereocenters. The second kappa shape index (κ2) is 18.5. The van der Waals surface area contributed by atoms with Crippen molar-refractivity contribution in [3.8, 4) is 11.5 Å². The Morgan fingerprint density at radius 2 is 1.84 bits per heavy atom. The van der Waals surface area contributed by atoms with Crippen LogP contribution in [-0.2, 0) is 30.3 Å². The fraction of sp³-hybridized carbons (Fsp3) is 0.636. The number of hydrogen-bond acceptors (Lipinski definition) is 14. The summed E-state index contributed by atoms with van der Waals surface area (Å²) in [6, 6.07) is 1.94. The van der Waals surface area contributed by atoms with E-state index < -0.39 is 66.2 Å². The van der Waals surface area contributed by atoms with Crippen LogP contribution < -0.4 is 5.32 Å². The number of phenolic OH excluding ortho intramolecular Hbond substituents is 2. The van der Waals surface area contributed by atoms with Crippen molar-refractivity contribution in [3.63, 3.8) is 0 Å². The molecular formula is C33H47N3O12S. The number of amides is 2. The van der Waals surface area contributed by atoms with Crippen LogP contribution >= 0.6 is 11.8 Å². The van der Waals surface area contributed by atoms with Crippen LogP contribution in [0, 0.1) is 0 Å². The minimum absolute atomic E-state index is 0.00127. The van der Waals surface area contributed by atoms with Crippen molar-refractivity contribution in [2.24, 2.45) is 5.16 Å². The number of benzene rings is 1. The van der Waals surface area contributed by atoms with Crippen molar-refractivity contribution in [2.45, 2.75) is 100 Å². The van der Waals surface area contributed by atoms with Crippen molar-refractivity contribution in [3.05, 3.63) is 35.4 Å². The number of aromatic hydroxyl groups is 2. The van der Waals surface area contributed by atoms with Crippen LogP contribution in [0.2, 0.25) is 0 Å². The highest BCUT2D eigenvalue weighted by Crippen LogP contribution is 2.31. The van der Waals surface area contributed by atoms with E-state index in [-0.39, 0.29) is 41.6 Å². The maximum Gasteiger partial charge on any atom is 0.342 e. The molecule has 2 amide bonds. The van der Waals surface area contributed by atoms with Crippen LogP contribution in [0.1, 0.15) is 67.8 Å². The summed E-state index contributed by atoms with van der Waals surface area (Å²) >= 11 is 0.918. The second-order valence-corrected chi connectivity index (χ2v) is 13.6. The molecule has 7 N–H and O–H groups in total. The predicted octanol–water partition coefficient (Wildman–Crippen LogP) is 0.719. The number of esters is 1. The monoisotopic (exact) mass is 709 g/mol. The summed E-state index contributed by atoms with van der Waals surface area (Å²) < 4.78 is 11.1. The van der Waals surface area contributed by atoms with Crippen LogP contribution in [0.4, 0.5) is 0 Å². The molecule has 7 atom stereocenters. The lowest BCUT2D eigenvalue weighted by atomic mass is 9.97. The third-order valence-electron chi connectivity index (χ3n) is 8.57. The van der Waals surface area contributed by atoms with E-state index in [0.717, 1.165) is 37.1 Å². The van der Waals surface area contributed by atoms with E-state index in [4.69, 9.17) is 14.3 Å². The zero-order valence-electron chi connectivity index (χ0n) is 27.5. The van der Waals surface area contributed by atoms with E-state index in [0.29, 0.717) is 44.5 Å². The quantitative estimate of drug-likeness (QED) is 0.112. The van der Waals surface area contributed by atoms with Gasteiger partial charge in [-0.25, -0.2) is 4.79 Å². The molecule has 0 saturated carbocycles. The highest BCUT2D eigenvalue weighted by atomic mass is 32.2. The van der Waals surface area contributed by atoms with E-state index in [1.807, 2.05) is 0 Å². The molecule has 3 aliphatic heterocycles. The average molecular weight is 710 g/mol. The lowest BCUT2D eigenvalue weighted by Gasteiger charge is -2.39. The summed E-state index contributed by atoms with van der Waals surface area (Å²) in [5.74, 6) is -2.23. The maximum atomic E-state index is 13.2. The molecule has 0 spiro atoms. The Kier molecular flexibility index (Phi) is 14.5. The van der Waals surface area contributed by atoms with Crippen LogP contribution in [0.25, 0.3) is 0 Å². The number of fused-ring (bicyclic) bond motifs is 1. The highest BCUT2D eigenvalue weighted by molar-refractivity contribution is 8.00. The van der Waals surface area contributed by atoms with E-state index >= 15 is 0 Å². The molecule has 4 rings (SSSR count). The van der Waals surface area contributed by atoms with E-state index in [9.17, 15) is 45.0 Å². The number of piperidine rings is 1. The molecule has 3 heterocycles. The number of aliphatic hydroxyl groups excluding tert-OH is 4. The van der Waals surface area contributed by atoms with Gasteiger partial charge in [0.2, 0.25) is 5.91 Å². The number of nitrogens with zero attached hydrogens (tertiary/aromatic N) is 2. The van der Waals surface area contributed by atoms with Gasteiger partial charge in [0.1, 0.15) is 53.0 Å². The first-order chi connectivity index (χ1) is 23.5. The number of oxime groups is 1. The topological polar surface area (TPSA) is 228 Å². The Labute approximate surface area is 288 Å². The fourth-order valence-corrected chi connectivity index (χ4v) is 6.90. The molecule has 0 radical (unpaired) electrons. The number of phenols is 2. The zero-order valence-corrected chi connectivity index (χ0v) is 28.3. The number of hydrogen-bond donors (Lipinski definition) is 7. The van der Waals surface area contributed by atoms with Crippen molar-refractivity contribution in [1.29, 1.82) is 0 Å². The minimum atomic E-state index is -1.55. The molecule has 272 valence electrons. The zero-order chi connectivity index (χ0) is 35.5. The van der Waals surface area contributed by atoms with Crippen LogP contribution in [-0.4, -0.2) is 133 Å². The van der Waals surface area contributed by atoms with E-state index in [1.165, 1.54) is 6.07 Å². The molecular weight excluding hydrogens is 662 g/mol. The molecule has 1 aromatic rings. The number of ether oxygens (including phenoxy) is 2. The SMILES string of the molecule is C[C@@H]1C/C=C/[C@@H](NC(=O)CS[C@@H]2OC(CO)[C@@H](O)C(O)C2O)CCC/C(=N/OCC(=O)N2CCCCC2)Cc2cc(O)cc(O)c2C(=O)O1. The van der Waals surface area contributed by atoms with Crippen LogP contribution in [0.15, 0.2) is 29.4 Å². The summed E-state index contributed by atoms with van der Waals surface area (Å²) in [7, 11) is 0. The summed E-state index contributed by atoms with van der Waals surface area (Å²) in [6.45, 7) is 2.15. The number of rotatable bonds is 8. The Balaban J connectivity index is 1.46. The van der Waals surface area contributed by atoms with Gasteiger partial charge in [-0.2, -0.15) is 0 Å². The number of aliphatic hydroxyl groups is 4. The Hall–Kier alpha value is -3.41. The fourth-order valence-electron chi connectivity index (χ4n) is 5.92. The third-order valence-corrected chi connectivity index (χ3v) is 9.72. The number of carbonyl (C=O) groups excluding carboxylic acids is 3. The Morgan fingerprint density at radius 3 is 2.57 bits per heavy atom. The lowest BCUT2D eigenvalue weighted by molar-refractivity contribution is -0.205. The van der Waals surface area contributed by atoms with E-state index in [1.54, 1.807) is 24.0 Å². The number of nitrogens with one attached hydrogen (secondary N) is 1. The van der Waals surface area contributed by atoms with Gasteiger partial charge in [0.25, 0.3) is 5.91 Å². The van der Waals surface area contributed by atoms with Gasteiger partial charge in [0.15, 0.2) is 6.61 Å². The van der Waals surface area contributed by atoms with Crippen molar-refractivity contribution >= 4 is 35.3 Å². The summed E-state index contributed by atoms with van der Waals surface area (Å²) in [5.41, 5.74) is -0.464. The van der Waals surface area contributed by atoms with Crippen LogP contribution in [0.5, 0.6) is 11.5 Å². The molecule has 0 bridgehead atoms. The normalized spacial score (nSPS) is 30.1. The van der Waals surface area contributed by atoms with Crippen molar-refractivity contribution in [1.82, 2.24) is 10.2 Å². The van der Waals surface area contributed by atoms with E-state index in [2.05, 4.69) is 10.5 Å². The highest BCUT2D eigenvalue weighted by Gasteiger charge is 2.43. The number of likely N-dealkylation sites (tertiary alicyclic amines) is 1. The van der Waals surface area contributed by atoms with Crippen molar-refractivity contribution in [2.75, 3.05) is 32.1 Å². The predicted molar refractivity (Wildman–Crippen MR) is 178 cm³/mol. The smallest absolute Gasteiger partial charge is 0.342 e. The summed E-state index contributed by atoms with van der Waals surface area (Å²) in [4.78, 5) is 46.0. The Bertz CT molecular complexity index is 1350. The molecule has 16 heteroatoms. The first kappa shape index (κ1) is 38.4. The number of cyclic esters (lactones) is 1. The lowest BCUT2D eigenvalue weighted by Crippen LogP contribution is -2.57. The maximum absolute atomic E-state index is 13.2. The van der Waals surface area contributed by atoms with Crippen molar-refractivity contribution < 1.29 is 59.3 Å². The average Bonchev–Trinajstić information content (AvgIpc) is 3.06. The molecule has 1 aromatic carbocycles. The number of carbonyl (C=O) groups is 3. The van der Waals surface area contributed by atoms with Gasteiger partial charge in [-0.05, 0) is 57.1 Å². The molecule has 2 fully saturated rings. The van der Waals surface area contributed by atoms with Gasteiger partial charge in [-0.15, -0.1) is 11.8 Å². The van der Waals surface area contributed by atoms with Gasteiger partial charge in [0.05, 0.1) is 18.1 Å². The molecule has 49 heavy (non-hydrogen) atoms. The molecule has 15 nitrogen and oxygen atoms in total. The molecule has 2 saturated heterocycles. The molecule has 3 aliphatic rings. The standard InChI is InChI=1S/C33H47N3O12S/c1-19-7-5-8-21(34-26(40)18-49-33-31(44)30(43)29(42)25(16-37)48-33)9-6-10-22(35-46-17-27(41)36-11-3-2-4-12-36)13-20-14-23(38)15-24(39)28(20)32(45)47-19/h5,8,14-15,19,21,25,29-31,33,37-39,42-44H,2-4,6-7,9-13,16-18H2,1H3,(H,34,40)/b8-5+,35-22-/t19-,21-,25?,29-,30?,31?,33+/m1/s1. The first-order valence-corrected chi connectivity index (χ1v) is 17.6. The second-order valence-electron chi connectivity index (χ2n) is 12.5. The van der Waals surface area contributed by atoms with Gasteiger partial charge >= 0.3 is 5.97 Å². The molecule has 0 aliphatic carbocycles. The van der Waals surface area contributed by atoms with Gasteiger partial charge in [-0.1, -0.05) is 17.3 Å². The third kappa shape index (κ3) is 11.0. The first-order valence-electron chi connectivity index (χ1n) is 16.6. The summed E-state index contributed by atoms with van der Waals surface area (Å²) in [5, 5.41) is 67.8. The van der Waals surface area contributed by atoms with Gasteiger partial charge in [-0.3, -0.25) is 9.59 Å². The van der Waals surface area contributed by atoms with Gasteiger partial charge < -0.3 is 55.2 Å². The Morgan fingerprint density at radius 1 is 1.08 bits per heavy atom. The number of thioether (sulfide) groups is 1. The van der Waals surface area contributed by atoms with Crippen LogP contribution in [0.3, 0.4) is 0 Å². The largest absolute Gasteiger partial charge is 0.508 e. The minimum Gasteiger partial charge on any atom is -0.508 e. The molecule has 0 aromatic heterocycles.